The number of rotatable bonds is 5. The van der Waals surface area contributed by atoms with Crippen LogP contribution >= 0.6 is 0 Å². The molecule has 59 heavy (non-hydrogen) atoms. The summed E-state index contributed by atoms with van der Waals surface area (Å²) in [7, 11) is 0. The normalized spacial score (nSPS) is 14.0. The molecule has 3 heterocycles. The molecule has 0 fully saturated rings. The summed E-state index contributed by atoms with van der Waals surface area (Å²) in [6.45, 7) is 9.77. The molecule has 9 aromatic rings. The minimum atomic E-state index is -0.696. The number of pyridine rings is 1. The molecule has 1 aliphatic carbocycles. The summed E-state index contributed by atoms with van der Waals surface area (Å²) in [5, 5.41) is 2.32. The minimum absolute atomic E-state index is 0. The number of fused-ring (bicyclic) bond motifs is 7. The monoisotopic (exact) mass is 941 g/mol. The van der Waals surface area contributed by atoms with Crippen molar-refractivity contribution in [1.82, 2.24) is 9.55 Å². The minimum Gasteiger partial charge on any atom is -0.347 e. The van der Waals surface area contributed by atoms with Crippen molar-refractivity contribution < 1.29 is 21.1 Å². The Morgan fingerprint density at radius 3 is 1.98 bits per heavy atom. The van der Waals surface area contributed by atoms with E-state index >= 15 is 0 Å². The van der Waals surface area contributed by atoms with Crippen molar-refractivity contribution in [2.75, 3.05) is 16.5 Å². The van der Waals surface area contributed by atoms with E-state index in [-0.39, 0.29) is 26.6 Å². The molecule has 5 heteroatoms. The second-order valence-corrected chi connectivity index (χ2v) is 16.7. The van der Waals surface area contributed by atoms with Gasteiger partial charge in [0, 0.05) is 22.7 Å². The van der Waals surface area contributed by atoms with Gasteiger partial charge in [-0.1, -0.05) is 114 Å². The third-order valence-electron chi connectivity index (χ3n) is 12.4. The summed E-state index contributed by atoms with van der Waals surface area (Å²) < 4.78 is 2.30. The third kappa shape index (κ3) is 5.57. The molecule has 0 bridgehead atoms. The summed E-state index contributed by atoms with van der Waals surface area (Å²) in [6, 6.07) is 67.7. The molecule has 11 rings (SSSR count). The van der Waals surface area contributed by atoms with Gasteiger partial charge in [0.2, 0.25) is 0 Å². The first-order chi connectivity index (χ1) is 28.3. The second kappa shape index (κ2) is 14.0. The fourth-order valence-electron chi connectivity index (χ4n) is 9.74. The van der Waals surface area contributed by atoms with Crippen molar-refractivity contribution in [1.29, 1.82) is 0 Å². The van der Waals surface area contributed by atoms with E-state index in [0.717, 1.165) is 51.3 Å². The largest absolute Gasteiger partial charge is 2.00 e. The van der Waals surface area contributed by atoms with E-state index in [9.17, 15) is 0 Å². The van der Waals surface area contributed by atoms with Gasteiger partial charge in [-0.15, -0.1) is 22.6 Å². The summed E-state index contributed by atoms with van der Waals surface area (Å²) in [6.07, 6.45) is 1.93. The van der Waals surface area contributed by atoms with E-state index in [2.05, 4.69) is 218 Å². The van der Waals surface area contributed by atoms with Crippen LogP contribution in [-0.4, -0.2) is 21.8 Å². The average Bonchev–Trinajstić information content (AvgIpc) is 3.91. The molecule has 4 nitrogen and oxygen atoms in total. The molecule has 0 saturated carbocycles. The molecule has 0 amide bonds. The van der Waals surface area contributed by atoms with Gasteiger partial charge in [-0.25, -0.2) is 4.98 Å². The predicted octanol–water partition coefficient (Wildman–Crippen LogP) is 12.8. The van der Waals surface area contributed by atoms with Crippen LogP contribution in [0.2, 0.25) is 0 Å². The van der Waals surface area contributed by atoms with E-state index < -0.39 is 5.41 Å². The molecule has 1 aliphatic heterocycles. The standard InChI is InChI=1S/C54H42N4.Pt/c1-36-16-5-6-19-41(36)37-30-31-55-52(32-37)58-48-25-12-9-22-44(48)45-29-28-39(34-51(45)58)54(46-23-10-7-20-42(46)43-21-8-11-24-47(43)54)38-17-15-18-40(33-38)56-35-57(53(2,3)4)50-27-14-13-26-49(50)56;/h5-32H,35H2,1-4H3;/q-2;+2. The SMILES string of the molecule is Cc1ccccc1-c1ccnc(-n2c3[c-]c(C4(c5[c-]c(N6CN(C(C)(C)C)c7ccccc76)ccc5)c5ccccc5-c5ccccc54)ccc3c3ccccc32)c1.[Pt+2]. The molecular formula is C54H42N4Pt. The third-order valence-corrected chi connectivity index (χ3v) is 12.4. The van der Waals surface area contributed by atoms with Crippen LogP contribution in [0.5, 0.6) is 0 Å². The Hall–Kier alpha value is -6.22. The first kappa shape index (κ1) is 37.1. The smallest absolute Gasteiger partial charge is 0.347 e. The molecule has 2 aromatic heterocycles. The number of aromatic nitrogens is 2. The van der Waals surface area contributed by atoms with E-state index in [1.807, 2.05) is 6.20 Å². The molecule has 2 aliphatic rings. The molecule has 0 unspecified atom stereocenters. The van der Waals surface area contributed by atoms with Gasteiger partial charge in [-0.3, -0.25) is 0 Å². The topological polar surface area (TPSA) is 24.3 Å². The van der Waals surface area contributed by atoms with Crippen molar-refractivity contribution in [3.8, 4) is 28.1 Å². The summed E-state index contributed by atoms with van der Waals surface area (Å²) in [5.41, 5.74) is 15.5. The zero-order chi connectivity index (χ0) is 39.2. The zero-order valence-corrected chi connectivity index (χ0v) is 35.8. The molecule has 7 aromatic carbocycles. The fraction of sp³-hybridized carbons (Fsp3) is 0.130. The summed E-state index contributed by atoms with van der Waals surface area (Å²) in [4.78, 5) is 9.94. The van der Waals surface area contributed by atoms with Crippen LogP contribution in [0.1, 0.15) is 48.6 Å². The Labute approximate surface area is 360 Å². The van der Waals surface area contributed by atoms with E-state index in [1.165, 1.54) is 50.1 Å². The van der Waals surface area contributed by atoms with Crippen LogP contribution in [0.15, 0.2) is 170 Å². The maximum atomic E-state index is 5.04. The van der Waals surface area contributed by atoms with Gasteiger partial charge in [0.1, 0.15) is 5.82 Å². The molecule has 0 N–H and O–H groups in total. The first-order valence-corrected chi connectivity index (χ1v) is 20.2. The number of para-hydroxylation sites is 3. The average molecular weight is 942 g/mol. The molecule has 0 radical (unpaired) electrons. The fourth-order valence-corrected chi connectivity index (χ4v) is 9.74. The van der Waals surface area contributed by atoms with Gasteiger partial charge in [0.15, 0.2) is 0 Å². The van der Waals surface area contributed by atoms with Crippen molar-refractivity contribution in [3.05, 3.63) is 210 Å². The van der Waals surface area contributed by atoms with Crippen LogP contribution in [0.4, 0.5) is 17.1 Å². The Morgan fingerprint density at radius 2 is 1.24 bits per heavy atom. The first-order valence-electron chi connectivity index (χ1n) is 20.2. The second-order valence-electron chi connectivity index (χ2n) is 16.7. The van der Waals surface area contributed by atoms with Crippen molar-refractivity contribution >= 4 is 38.9 Å². The van der Waals surface area contributed by atoms with Crippen molar-refractivity contribution in [2.24, 2.45) is 0 Å². The number of benzene rings is 7. The Bertz CT molecular complexity index is 3030. The Morgan fingerprint density at radius 1 is 0.593 bits per heavy atom. The summed E-state index contributed by atoms with van der Waals surface area (Å²) >= 11 is 0. The maximum Gasteiger partial charge on any atom is 2.00 e. The van der Waals surface area contributed by atoms with E-state index in [1.54, 1.807) is 0 Å². The van der Waals surface area contributed by atoms with Crippen LogP contribution in [0.25, 0.3) is 49.9 Å². The van der Waals surface area contributed by atoms with Crippen molar-refractivity contribution in [3.63, 3.8) is 0 Å². The van der Waals surface area contributed by atoms with E-state index in [4.69, 9.17) is 4.98 Å². The number of nitrogens with zero attached hydrogens (tertiary/aromatic N) is 4. The van der Waals surface area contributed by atoms with Gasteiger partial charge in [-0.2, -0.15) is 36.4 Å². The van der Waals surface area contributed by atoms with Crippen molar-refractivity contribution in [2.45, 2.75) is 38.6 Å². The molecular weight excluding hydrogens is 900 g/mol. The van der Waals surface area contributed by atoms with Gasteiger partial charge < -0.3 is 14.4 Å². The quantitative estimate of drug-likeness (QED) is 0.161. The Kier molecular flexibility index (Phi) is 8.77. The van der Waals surface area contributed by atoms with Gasteiger partial charge >= 0.3 is 21.1 Å². The maximum absolute atomic E-state index is 5.04. The predicted molar refractivity (Wildman–Crippen MR) is 239 cm³/mol. The van der Waals surface area contributed by atoms with Gasteiger partial charge in [0.25, 0.3) is 0 Å². The van der Waals surface area contributed by atoms with Crippen LogP contribution in [0, 0.1) is 19.1 Å². The van der Waals surface area contributed by atoms with E-state index in [0.29, 0.717) is 0 Å². The Balaban J connectivity index is 0.00000420. The van der Waals surface area contributed by atoms with Crippen LogP contribution in [-0.2, 0) is 26.5 Å². The van der Waals surface area contributed by atoms with Gasteiger partial charge in [-0.05, 0) is 102 Å². The molecule has 0 atom stereocenters. The molecule has 0 saturated heterocycles. The van der Waals surface area contributed by atoms with Crippen LogP contribution < -0.4 is 9.80 Å². The number of hydrogen-bond donors (Lipinski definition) is 0. The van der Waals surface area contributed by atoms with Crippen LogP contribution in [0.3, 0.4) is 0 Å². The van der Waals surface area contributed by atoms with Gasteiger partial charge in [0.05, 0.1) is 18.0 Å². The number of aryl methyl sites for hydroxylation is 1. The summed E-state index contributed by atoms with van der Waals surface area (Å²) in [5.74, 6) is 0.867. The number of hydrogen-bond acceptors (Lipinski definition) is 3. The zero-order valence-electron chi connectivity index (χ0n) is 33.5. The number of anilines is 3. The molecule has 288 valence electrons. The molecule has 0 spiro atoms.